The Hall–Kier alpha value is -2.64. The summed E-state index contributed by atoms with van der Waals surface area (Å²) in [6, 6.07) is 14.7. The lowest BCUT2D eigenvalue weighted by Crippen LogP contribution is -2.27. The molecule has 0 aliphatic carbocycles. The minimum atomic E-state index is 0.261. The van der Waals surface area contributed by atoms with Crippen LogP contribution in [0.1, 0.15) is 30.0 Å². The van der Waals surface area contributed by atoms with E-state index in [1.165, 1.54) is 11.1 Å². The number of nitrogens with zero attached hydrogens (tertiary/aromatic N) is 4. The van der Waals surface area contributed by atoms with Crippen molar-refractivity contribution in [2.75, 3.05) is 20.8 Å². The van der Waals surface area contributed by atoms with Gasteiger partial charge in [-0.25, -0.2) is 4.68 Å². The molecule has 3 aromatic rings. The molecule has 158 valence electrons. The monoisotopic (exact) mass is 424 g/mol. The standard InChI is InChI=1S/C23H28N4O2S/c1-16-7-5-8-17(13-16)22-24-27(23(30)25(22)2)15-26-12-6-9-20(26)19-11-10-18(28-3)14-21(19)29-4/h5,7-8,10-11,13-14,20H,6,9,12,15H2,1-4H3. The molecule has 0 radical (unpaired) electrons. The lowest BCUT2D eigenvalue weighted by molar-refractivity contribution is 0.187. The van der Waals surface area contributed by atoms with E-state index in [0.29, 0.717) is 6.67 Å². The minimum absolute atomic E-state index is 0.261. The van der Waals surface area contributed by atoms with Gasteiger partial charge in [-0.3, -0.25) is 4.90 Å². The third-order valence-electron chi connectivity index (χ3n) is 5.80. The van der Waals surface area contributed by atoms with Crippen molar-refractivity contribution in [3.63, 3.8) is 0 Å². The van der Waals surface area contributed by atoms with E-state index < -0.39 is 0 Å². The molecular weight excluding hydrogens is 396 g/mol. The molecule has 4 rings (SSSR count). The van der Waals surface area contributed by atoms with Gasteiger partial charge < -0.3 is 14.0 Å². The molecule has 1 saturated heterocycles. The van der Waals surface area contributed by atoms with Crippen molar-refractivity contribution < 1.29 is 9.47 Å². The molecule has 0 saturated carbocycles. The second-order valence-electron chi connectivity index (χ2n) is 7.75. The number of aromatic nitrogens is 3. The van der Waals surface area contributed by atoms with Crippen molar-refractivity contribution in [2.45, 2.75) is 32.5 Å². The molecule has 1 aliphatic rings. The van der Waals surface area contributed by atoms with E-state index in [2.05, 4.69) is 42.2 Å². The largest absolute Gasteiger partial charge is 0.497 e. The fraction of sp³-hybridized carbons (Fsp3) is 0.391. The zero-order valence-electron chi connectivity index (χ0n) is 18.0. The van der Waals surface area contributed by atoms with E-state index in [1.807, 2.05) is 28.4 Å². The summed E-state index contributed by atoms with van der Waals surface area (Å²) in [4.78, 5) is 2.42. The molecule has 2 aromatic carbocycles. The van der Waals surface area contributed by atoms with Crippen LogP contribution in [0.3, 0.4) is 0 Å². The van der Waals surface area contributed by atoms with Crippen molar-refractivity contribution in [1.29, 1.82) is 0 Å². The molecule has 0 N–H and O–H groups in total. The first-order chi connectivity index (χ1) is 14.5. The molecule has 1 aliphatic heterocycles. The van der Waals surface area contributed by atoms with Gasteiger partial charge in [-0.05, 0) is 44.1 Å². The first kappa shape index (κ1) is 20.6. The molecule has 0 amide bonds. The Morgan fingerprint density at radius 1 is 1.13 bits per heavy atom. The minimum Gasteiger partial charge on any atom is -0.497 e. The van der Waals surface area contributed by atoms with Crippen LogP contribution in [-0.4, -0.2) is 40.0 Å². The zero-order valence-corrected chi connectivity index (χ0v) is 18.8. The highest BCUT2D eigenvalue weighted by Gasteiger charge is 2.29. The van der Waals surface area contributed by atoms with E-state index in [4.69, 9.17) is 26.8 Å². The first-order valence-corrected chi connectivity index (χ1v) is 10.6. The fourth-order valence-electron chi connectivity index (χ4n) is 4.23. The molecule has 0 bridgehead atoms. The summed E-state index contributed by atoms with van der Waals surface area (Å²) in [5.74, 6) is 2.55. The molecule has 0 spiro atoms. The molecule has 6 nitrogen and oxygen atoms in total. The maximum absolute atomic E-state index is 5.71. The molecule has 2 heterocycles. The number of hydrogen-bond donors (Lipinski definition) is 0. The maximum Gasteiger partial charge on any atom is 0.199 e. The highest BCUT2D eigenvalue weighted by atomic mass is 32.1. The number of methoxy groups -OCH3 is 2. The van der Waals surface area contributed by atoms with E-state index >= 15 is 0 Å². The van der Waals surface area contributed by atoms with Crippen LogP contribution in [0, 0.1) is 11.7 Å². The van der Waals surface area contributed by atoms with E-state index in [9.17, 15) is 0 Å². The van der Waals surface area contributed by atoms with Crippen molar-refractivity contribution in [2.24, 2.45) is 7.05 Å². The lowest BCUT2D eigenvalue weighted by Gasteiger charge is -2.26. The van der Waals surface area contributed by atoms with Crippen molar-refractivity contribution in [3.05, 3.63) is 58.4 Å². The van der Waals surface area contributed by atoms with Crippen molar-refractivity contribution >= 4 is 12.2 Å². The van der Waals surface area contributed by atoms with Crippen LogP contribution >= 0.6 is 12.2 Å². The Kier molecular flexibility index (Phi) is 5.92. The SMILES string of the molecule is COc1ccc(C2CCCN2Cn2nc(-c3cccc(C)c3)n(C)c2=S)c(OC)c1. The summed E-state index contributed by atoms with van der Waals surface area (Å²) >= 11 is 5.71. The fourth-order valence-corrected chi connectivity index (χ4v) is 4.41. The summed E-state index contributed by atoms with van der Waals surface area (Å²) in [5, 5.41) is 4.86. The highest BCUT2D eigenvalue weighted by Crippen LogP contribution is 2.39. The number of aryl methyl sites for hydroxylation is 1. The van der Waals surface area contributed by atoms with Crippen LogP contribution < -0.4 is 9.47 Å². The topological polar surface area (TPSA) is 44.5 Å². The van der Waals surface area contributed by atoms with Crippen molar-refractivity contribution in [1.82, 2.24) is 19.2 Å². The number of hydrogen-bond acceptors (Lipinski definition) is 5. The molecule has 1 unspecified atom stereocenters. The summed E-state index contributed by atoms with van der Waals surface area (Å²) in [7, 11) is 5.36. The molecule has 7 heteroatoms. The number of benzene rings is 2. The average molecular weight is 425 g/mol. The molecule has 1 atom stereocenters. The molecular formula is C23H28N4O2S. The van der Waals surface area contributed by atoms with Crippen molar-refractivity contribution in [3.8, 4) is 22.9 Å². The average Bonchev–Trinajstić information content (AvgIpc) is 3.33. The quantitative estimate of drug-likeness (QED) is 0.535. The van der Waals surface area contributed by atoms with Gasteiger partial charge in [0.2, 0.25) is 0 Å². The zero-order chi connectivity index (χ0) is 21.3. The van der Waals surface area contributed by atoms with E-state index in [1.54, 1.807) is 14.2 Å². The smallest absolute Gasteiger partial charge is 0.199 e. The second-order valence-corrected chi connectivity index (χ2v) is 8.12. The van der Waals surface area contributed by atoms with Gasteiger partial charge in [-0.15, -0.1) is 0 Å². The van der Waals surface area contributed by atoms with Crippen LogP contribution in [0.5, 0.6) is 11.5 Å². The van der Waals surface area contributed by atoms with Gasteiger partial charge in [0.05, 0.1) is 20.9 Å². The van der Waals surface area contributed by atoms with E-state index in [-0.39, 0.29) is 6.04 Å². The molecule has 1 fully saturated rings. The Balaban J connectivity index is 1.63. The van der Waals surface area contributed by atoms with Gasteiger partial charge in [0.1, 0.15) is 11.5 Å². The first-order valence-electron chi connectivity index (χ1n) is 10.2. The van der Waals surface area contributed by atoms with Crippen LogP contribution in [0.25, 0.3) is 11.4 Å². The van der Waals surface area contributed by atoms with Gasteiger partial charge in [-0.2, -0.15) is 5.10 Å². The van der Waals surface area contributed by atoms with Gasteiger partial charge >= 0.3 is 0 Å². The van der Waals surface area contributed by atoms with Gasteiger partial charge in [0.25, 0.3) is 0 Å². The molecule has 1 aromatic heterocycles. The third kappa shape index (κ3) is 3.87. The van der Waals surface area contributed by atoms with Crippen LogP contribution in [0.4, 0.5) is 0 Å². The van der Waals surface area contributed by atoms with E-state index in [0.717, 1.165) is 47.0 Å². The van der Waals surface area contributed by atoms with Gasteiger partial charge in [0, 0.05) is 36.8 Å². The summed E-state index contributed by atoms with van der Waals surface area (Å²) in [5.41, 5.74) is 3.47. The lowest BCUT2D eigenvalue weighted by atomic mass is 10.0. The Labute approximate surface area is 182 Å². The van der Waals surface area contributed by atoms with Gasteiger partial charge in [-0.1, -0.05) is 29.8 Å². The van der Waals surface area contributed by atoms with Gasteiger partial charge in [0.15, 0.2) is 10.6 Å². The summed E-state index contributed by atoms with van der Waals surface area (Å²) in [6.07, 6.45) is 2.21. The Morgan fingerprint density at radius 2 is 1.97 bits per heavy atom. The highest BCUT2D eigenvalue weighted by molar-refractivity contribution is 7.71. The van der Waals surface area contributed by atoms with Crippen LogP contribution in [-0.2, 0) is 13.7 Å². The summed E-state index contributed by atoms with van der Waals surface area (Å²) in [6.45, 7) is 3.74. The Bertz CT molecular complexity index is 1100. The predicted molar refractivity (Wildman–Crippen MR) is 120 cm³/mol. The van der Waals surface area contributed by atoms with Crippen LogP contribution in [0.2, 0.25) is 0 Å². The van der Waals surface area contributed by atoms with Crippen LogP contribution in [0.15, 0.2) is 42.5 Å². The number of likely N-dealkylation sites (tertiary alicyclic amines) is 1. The number of ether oxygens (including phenoxy) is 2. The second kappa shape index (κ2) is 8.62. The Morgan fingerprint density at radius 3 is 2.70 bits per heavy atom. The predicted octanol–water partition coefficient (Wildman–Crippen LogP) is 4.74. The number of rotatable bonds is 6. The normalized spacial score (nSPS) is 16.7. The molecule has 30 heavy (non-hydrogen) atoms. The summed E-state index contributed by atoms with van der Waals surface area (Å²) < 4.78 is 15.7. The third-order valence-corrected chi connectivity index (χ3v) is 6.28. The maximum atomic E-state index is 5.71.